The van der Waals surface area contributed by atoms with Gasteiger partial charge in [-0.25, -0.2) is 0 Å². The number of thiocarbonyl (C=S) groups is 1. The minimum Gasteiger partial charge on any atom is -0.464 e. The highest BCUT2D eigenvalue weighted by molar-refractivity contribution is 9.10. The molecule has 5 nitrogen and oxygen atoms in total. The summed E-state index contributed by atoms with van der Waals surface area (Å²) in [5.74, 6) is -0.0108. The van der Waals surface area contributed by atoms with Crippen molar-refractivity contribution >= 4 is 67.1 Å². The van der Waals surface area contributed by atoms with Gasteiger partial charge in [-0.2, -0.15) is 0 Å². The van der Waals surface area contributed by atoms with E-state index in [-0.39, 0.29) is 19.8 Å². The fourth-order valence-electron chi connectivity index (χ4n) is 1.63. The van der Waals surface area contributed by atoms with Gasteiger partial charge in [-0.3, -0.25) is 9.59 Å². The van der Waals surface area contributed by atoms with Crippen LogP contribution in [0.3, 0.4) is 0 Å². The summed E-state index contributed by atoms with van der Waals surface area (Å²) >= 11 is 11.3. The average Bonchev–Trinajstić information content (AvgIpc) is 2.53. The van der Waals surface area contributed by atoms with Gasteiger partial charge in [0, 0.05) is 0 Å². The summed E-state index contributed by atoms with van der Waals surface area (Å²) < 4.78 is 9.80. The van der Waals surface area contributed by atoms with Crippen molar-refractivity contribution in [3.05, 3.63) is 0 Å². The molecule has 1 atom stereocenters. The molecule has 0 fully saturated rings. The molecule has 0 aliphatic rings. The fourth-order valence-corrected chi connectivity index (χ4v) is 4.73. The third-order valence-electron chi connectivity index (χ3n) is 3.68. The number of aliphatic hydroxyl groups is 1. The molecule has 1 unspecified atom stereocenters. The van der Waals surface area contributed by atoms with Crippen LogP contribution in [0, 0.1) is 5.41 Å². The van der Waals surface area contributed by atoms with Crippen LogP contribution in [0.25, 0.3) is 0 Å². The van der Waals surface area contributed by atoms with Crippen molar-refractivity contribution in [2.75, 3.05) is 25.6 Å². The van der Waals surface area contributed by atoms with Gasteiger partial charge in [-0.15, -0.1) is 11.8 Å². The Labute approximate surface area is 178 Å². The summed E-state index contributed by atoms with van der Waals surface area (Å²) in [4.78, 5) is 24.4. The number of carbonyl (C=O) groups is 2. The average molecular weight is 490 g/mol. The SMILES string of the molecule is CCSC(=S)SC(C)(C)C(=O)OCC(CC)(CO)COC(=O)C(C)(C)Br. The third kappa shape index (κ3) is 8.91. The number of carbonyl (C=O) groups excluding carboxylic acids is 2. The second kappa shape index (κ2) is 11.2. The number of thioether (sulfide) groups is 2. The lowest BCUT2D eigenvalue weighted by molar-refractivity contribution is -0.158. The molecule has 0 aromatic heterocycles. The van der Waals surface area contributed by atoms with Crippen molar-refractivity contribution in [2.45, 2.75) is 57.0 Å². The Hall–Kier alpha value is 0.170. The fraction of sp³-hybridized carbons (Fsp3) is 0.824. The molecule has 26 heavy (non-hydrogen) atoms. The van der Waals surface area contributed by atoms with E-state index in [1.165, 1.54) is 23.5 Å². The second-order valence-electron chi connectivity index (χ2n) is 6.93. The van der Waals surface area contributed by atoms with E-state index in [9.17, 15) is 14.7 Å². The van der Waals surface area contributed by atoms with E-state index < -0.39 is 26.4 Å². The van der Waals surface area contributed by atoms with Crippen LogP contribution in [-0.4, -0.2) is 55.2 Å². The number of rotatable bonds is 10. The van der Waals surface area contributed by atoms with E-state index in [1.807, 2.05) is 13.8 Å². The first-order chi connectivity index (χ1) is 11.8. The molecule has 0 saturated heterocycles. The molecule has 0 spiro atoms. The highest BCUT2D eigenvalue weighted by Crippen LogP contribution is 2.33. The topological polar surface area (TPSA) is 72.8 Å². The number of alkyl halides is 1. The highest BCUT2D eigenvalue weighted by atomic mass is 79.9. The molecule has 1 N–H and O–H groups in total. The summed E-state index contributed by atoms with van der Waals surface area (Å²) in [6.07, 6.45) is 0.491. The van der Waals surface area contributed by atoms with Crippen molar-refractivity contribution < 1.29 is 24.2 Å². The molecule has 0 rings (SSSR count). The predicted octanol–water partition coefficient (Wildman–Crippen LogP) is 4.18. The van der Waals surface area contributed by atoms with E-state index >= 15 is 0 Å². The standard InChI is InChI=1S/C17H29BrO5S3/c1-7-17(9-19,10-22-12(20)15(3,4)18)11-23-13(21)16(5,6)26-14(24)25-8-2/h19H,7-11H2,1-6H3. The summed E-state index contributed by atoms with van der Waals surface area (Å²) in [7, 11) is 0. The van der Waals surface area contributed by atoms with Gasteiger partial charge in [0.15, 0.2) is 0 Å². The number of hydrogen-bond donors (Lipinski definition) is 1. The number of hydrogen-bond acceptors (Lipinski definition) is 8. The molecule has 0 saturated carbocycles. The van der Waals surface area contributed by atoms with Crippen molar-refractivity contribution in [2.24, 2.45) is 5.41 Å². The lowest BCUT2D eigenvalue weighted by Gasteiger charge is -2.32. The minimum atomic E-state index is -0.831. The first-order valence-electron chi connectivity index (χ1n) is 8.33. The van der Waals surface area contributed by atoms with E-state index in [0.717, 1.165) is 5.75 Å². The van der Waals surface area contributed by atoms with Gasteiger partial charge in [0.25, 0.3) is 0 Å². The summed E-state index contributed by atoms with van der Waals surface area (Å²) in [6, 6.07) is 0. The van der Waals surface area contributed by atoms with Gasteiger partial charge in [-0.05, 0) is 39.9 Å². The van der Waals surface area contributed by atoms with E-state index in [4.69, 9.17) is 21.7 Å². The molecule has 0 bridgehead atoms. The van der Waals surface area contributed by atoms with E-state index in [1.54, 1.807) is 27.7 Å². The molecule has 0 radical (unpaired) electrons. The Morgan fingerprint density at radius 1 is 1.08 bits per heavy atom. The van der Waals surface area contributed by atoms with Crippen molar-refractivity contribution in [1.29, 1.82) is 0 Å². The number of aliphatic hydroxyl groups excluding tert-OH is 1. The molecule has 9 heteroatoms. The zero-order chi connectivity index (χ0) is 20.6. The largest absolute Gasteiger partial charge is 0.464 e. The predicted molar refractivity (Wildman–Crippen MR) is 117 cm³/mol. The minimum absolute atomic E-state index is 0.0290. The first-order valence-corrected chi connectivity index (χ1v) is 11.3. The molecule has 0 aliphatic carbocycles. The van der Waals surface area contributed by atoms with Gasteiger partial charge in [0.05, 0.1) is 12.0 Å². The number of esters is 2. The molecular formula is C17H29BrO5S3. The Bertz CT molecular complexity index is 499. The Kier molecular flexibility index (Phi) is 11.3. The highest BCUT2D eigenvalue weighted by Gasteiger charge is 2.37. The van der Waals surface area contributed by atoms with Crippen LogP contribution in [0.4, 0.5) is 0 Å². The lowest BCUT2D eigenvalue weighted by atomic mass is 9.88. The van der Waals surface area contributed by atoms with Crippen molar-refractivity contribution in [1.82, 2.24) is 0 Å². The lowest BCUT2D eigenvalue weighted by Crippen LogP contribution is -2.41. The molecule has 0 amide bonds. The van der Waals surface area contributed by atoms with Gasteiger partial charge < -0.3 is 14.6 Å². The zero-order valence-electron chi connectivity index (χ0n) is 16.2. The molecule has 152 valence electrons. The summed E-state index contributed by atoms with van der Waals surface area (Å²) in [5.41, 5.74) is -0.830. The maximum atomic E-state index is 12.5. The van der Waals surface area contributed by atoms with Crippen LogP contribution in [0.15, 0.2) is 0 Å². The van der Waals surface area contributed by atoms with Crippen LogP contribution in [0.5, 0.6) is 0 Å². The smallest absolute Gasteiger partial charge is 0.322 e. The molecule has 0 aromatic rings. The normalized spacial score (nSPS) is 14.5. The summed E-state index contributed by atoms with van der Waals surface area (Å²) in [6.45, 7) is 10.4. The van der Waals surface area contributed by atoms with E-state index in [0.29, 0.717) is 9.95 Å². The third-order valence-corrected chi connectivity index (χ3v) is 6.58. The van der Waals surface area contributed by atoms with Gasteiger partial charge >= 0.3 is 11.9 Å². The quantitative estimate of drug-likeness (QED) is 0.278. The van der Waals surface area contributed by atoms with Crippen LogP contribution in [-0.2, 0) is 19.1 Å². The molecule has 0 aromatic carbocycles. The molecule has 0 heterocycles. The van der Waals surface area contributed by atoms with E-state index in [2.05, 4.69) is 15.9 Å². The Morgan fingerprint density at radius 3 is 1.96 bits per heavy atom. The van der Waals surface area contributed by atoms with Gasteiger partial charge in [0.2, 0.25) is 0 Å². The summed E-state index contributed by atoms with van der Waals surface area (Å²) in [5, 5.41) is 9.80. The van der Waals surface area contributed by atoms with Crippen LogP contribution < -0.4 is 0 Å². The van der Waals surface area contributed by atoms with Crippen LogP contribution in [0.2, 0.25) is 0 Å². The first kappa shape index (κ1) is 26.2. The van der Waals surface area contributed by atoms with Crippen LogP contribution >= 0.6 is 51.7 Å². The Morgan fingerprint density at radius 2 is 1.58 bits per heavy atom. The van der Waals surface area contributed by atoms with Crippen molar-refractivity contribution in [3.63, 3.8) is 0 Å². The van der Waals surface area contributed by atoms with Gasteiger partial charge in [-0.1, -0.05) is 53.8 Å². The molecule has 0 aliphatic heterocycles. The maximum Gasteiger partial charge on any atom is 0.322 e. The number of halogens is 1. The maximum absolute atomic E-state index is 12.5. The Balaban J connectivity index is 4.87. The molecular weight excluding hydrogens is 460 g/mol. The number of ether oxygens (including phenoxy) is 2. The van der Waals surface area contributed by atoms with Crippen molar-refractivity contribution in [3.8, 4) is 0 Å². The monoisotopic (exact) mass is 488 g/mol. The van der Waals surface area contributed by atoms with Crippen LogP contribution in [0.1, 0.15) is 48.0 Å². The second-order valence-corrected chi connectivity index (χ2v) is 13.0. The zero-order valence-corrected chi connectivity index (χ0v) is 20.3. The van der Waals surface area contributed by atoms with Gasteiger partial charge in [0.1, 0.15) is 25.8 Å².